The van der Waals surface area contributed by atoms with Gasteiger partial charge in [-0.15, -0.1) is 0 Å². The zero-order chi connectivity index (χ0) is 13.8. The molecule has 0 saturated carbocycles. The van der Waals surface area contributed by atoms with Crippen LogP contribution in [0.4, 0.5) is 13.2 Å². The fraction of sp³-hybridized carbons (Fsp3) is 0.909. The number of carbonyl (C=O) groups excluding carboxylic acids is 1. The van der Waals surface area contributed by atoms with E-state index in [0.717, 1.165) is 0 Å². The standard InChI is InChI=1S/C11H19F3N2O2/c1-8(2)15-9-3-4-16(10(9)17)5-6-18-7-11(12,13)14/h8-9,15H,3-7H2,1-2H3. The van der Waals surface area contributed by atoms with Crippen molar-refractivity contribution in [2.24, 2.45) is 0 Å². The summed E-state index contributed by atoms with van der Waals surface area (Å²) in [6.45, 7) is 3.33. The van der Waals surface area contributed by atoms with Crippen molar-refractivity contribution >= 4 is 5.91 Å². The van der Waals surface area contributed by atoms with E-state index in [2.05, 4.69) is 10.1 Å². The number of nitrogens with one attached hydrogen (secondary N) is 1. The Labute approximate surface area is 104 Å². The number of likely N-dealkylation sites (tertiary alicyclic amines) is 1. The lowest BCUT2D eigenvalue weighted by atomic mass is 10.2. The summed E-state index contributed by atoms with van der Waals surface area (Å²) in [5.74, 6) is -0.0562. The molecule has 7 heteroatoms. The summed E-state index contributed by atoms with van der Waals surface area (Å²) in [5, 5.41) is 3.12. The molecule has 0 aliphatic carbocycles. The van der Waals surface area contributed by atoms with E-state index in [1.165, 1.54) is 4.90 Å². The maximum atomic E-state index is 11.8. The quantitative estimate of drug-likeness (QED) is 0.735. The molecule has 0 spiro atoms. The fourth-order valence-corrected chi connectivity index (χ4v) is 1.88. The van der Waals surface area contributed by atoms with Crippen molar-refractivity contribution in [1.29, 1.82) is 0 Å². The predicted molar refractivity (Wildman–Crippen MR) is 60.1 cm³/mol. The fourth-order valence-electron chi connectivity index (χ4n) is 1.88. The molecule has 0 radical (unpaired) electrons. The summed E-state index contributed by atoms with van der Waals surface area (Å²) in [5.41, 5.74) is 0. The Morgan fingerprint density at radius 1 is 1.50 bits per heavy atom. The number of rotatable bonds is 6. The SMILES string of the molecule is CC(C)NC1CCN(CCOCC(F)(F)F)C1=O. The lowest BCUT2D eigenvalue weighted by Gasteiger charge is -2.18. The highest BCUT2D eigenvalue weighted by Crippen LogP contribution is 2.15. The summed E-state index contributed by atoms with van der Waals surface area (Å²) in [6, 6.07) is -0.00649. The first-order valence-corrected chi connectivity index (χ1v) is 5.99. The molecule has 1 rings (SSSR count). The van der Waals surface area contributed by atoms with Gasteiger partial charge in [0.2, 0.25) is 5.91 Å². The molecule has 1 N–H and O–H groups in total. The first-order chi connectivity index (χ1) is 8.29. The molecule has 1 unspecified atom stereocenters. The Balaban J connectivity index is 2.22. The topological polar surface area (TPSA) is 41.6 Å². The number of amides is 1. The molecule has 1 saturated heterocycles. The molecule has 1 heterocycles. The first-order valence-electron chi connectivity index (χ1n) is 5.99. The van der Waals surface area contributed by atoms with Crippen LogP contribution >= 0.6 is 0 Å². The summed E-state index contributed by atoms with van der Waals surface area (Å²) in [4.78, 5) is 13.4. The van der Waals surface area contributed by atoms with Crippen LogP contribution in [0.25, 0.3) is 0 Å². The summed E-state index contributed by atoms with van der Waals surface area (Å²) in [6.07, 6.45) is -3.62. The average Bonchev–Trinajstić information content (AvgIpc) is 2.54. The van der Waals surface area contributed by atoms with Crippen LogP contribution in [0.15, 0.2) is 0 Å². The Hall–Kier alpha value is -0.820. The minimum atomic E-state index is -4.31. The van der Waals surface area contributed by atoms with Crippen molar-refractivity contribution < 1.29 is 22.7 Å². The van der Waals surface area contributed by atoms with Gasteiger partial charge >= 0.3 is 6.18 Å². The molecular weight excluding hydrogens is 249 g/mol. The molecule has 0 aromatic carbocycles. The Kier molecular flexibility index (Phi) is 5.40. The number of alkyl halides is 3. The van der Waals surface area contributed by atoms with Gasteiger partial charge in [0.05, 0.1) is 12.6 Å². The van der Waals surface area contributed by atoms with Crippen molar-refractivity contribution in [1.82, 2.24) is 10.2 Å². The van der Waals surface area contributed by atoms with E-state index >= 15 is 0 Å². The molecule has 1 aliphatic heterocycles. The zero-order valence-corrected chi connectivity index (χ0v) is 10.6. The minimum absolute atomic E-state index is 0.0562. The van der Waals surface area contributed by atoms with Gasteiger partial charge in [-0.1, -0.05) is 13.8 Å². The second kappa shape index (κ2) is 6.38. The minimum Gasteiger partial charge on any atom is -0.370 e. The Bertz CT molecular complexity index is 282. The monoisotopic (exact) mass is 268 g/mol. The maximum Gasteiger partial charge on any atom is 0.411 e. The summed E-state index contributed by atoms with van der Waals surface area (Å²) in [7, 11) is 0. The highest BCUT2D eigenvalue weighted by atomic mass is 19.4. The van der Waals surface area contributed by atoms with Gasteiger partial charge in [-0.05, 0) is 6.42 Å². The van der Waals surface area contributed by atoms with Crippen LogP contribution in [0, 0.1) is 0 Å². The number of carbonyl (C=O) groups is 1. The van der Waals surface area contributed by atoms with Gasteiger partial charge < -0.3 is 15.0 Å². The van der Waals surface area contributed by atoms with Crippen LogP contribution in [-0.2, 0) is 9.53 Å². The molecule has 1 fully saturated rings. The van der Waals surface area contributed by atoms with E-state index in [1.54, 1.807) is 0 Å². The van der Waals surface area contributed by atoms with Crippen LogP contribution in [0.2, 0.25) is 0 Å². The van der Waals surface area contributed by atoms with Crippen molar-refractivity contribution in [2.75, 3.05) is 26.3 Å². The number of ether oxygens (including phenoxy) is 1. The summed E-state index contributed by atoms with van der Waals surface area (Å²) < 4.78 is 40.0. The smallest absolute Gasteiger partial charge is 0.370 e. The second-order valence-corrected chi connectivity index (χ2v) is 4.66. The lowest BCUT2D eigenvalue weighted by molar-refractivity contribution is -0.174. The number of hydrogen-bond donors (Lipinski definition) is 1. The maximum absolute atomic E-state index is 11.8. The van der Waals surface area contributed by atoms with Gasteiger partial charge in [0.15, 0.2) is 0 Å². The number of nitrogens with zero attached hydrogens (tertiary/aromatic N) is 1. The van der Waals surface area contributed by atoms with Crippen LogP contribution < -0.4 is 5.32 Å². The average molecular weight is 268 g/mol. The number of hydrogen-bond acceptors (Lipinski definition) is 3. The van der Waals surface area contributed by atoms with Gasteiger partial charge in [0, 0.05) is 19.1 Å². The molecule has 106 valence electrons. The van der Waals surface area contributed by atoms with E-state index in [4.69, 9.17) is 0 Å². The number of halogens is 3. The lowest BCUT2D eigenvalue weighted by Crippen LogP contribution is -2.42. The van der Waals surface area contributed by atoms with Crippen LogP contribution in [0.3, 0.4) is 0 Å². The van der Waals surface area contributed by atoms with Crippen LogP contribution in [0.1, 0.15) is 20.3 Å². The molecule has 1 amide bonds. The largest absolute Gasteiger partial charge is 0.411 e. The summed E-state index contributed by atoms with van der Waals surface area (Å²) >= 11 is 0. The molecule has 0 aromatic heterocycles. The van der Waals surface area contributed by atoms with Gasteiger partial charge in [-0.3, -0.25) is 4.79 Å². The molecule has 1 aliphatic rings. The van der Waals surface area contributed by atoms with Gasteiger partial charge in [-0.2, -0.15) is 13.2 Å². The van der Waals surface area contributed by atoms with E-state index in [0.29, 0.717) is 13.0 Å². The molecule has 18 heavy (non-hydrogen) atoms. The van der Waals surface area contributed by atoms with Crippen molar-refractivity contribution in [2.45, 2.75) is 38.5 Å². The first kappa shape index (κ1) is 15.2. The highest BCUT2D eigenvalue weighted by Gasteiger charge is 2.32. The van der Waals surface area contributed by atoms with Gasteiger partial charge in [-0.25, -0.2) is 0 Å². The van der Waals surface area contributed by atoms with Gasteiger partial charge in [0.1, 0.15) is 6.61 Å². The van der Waals surface area contributed by atoms with E-state index in [9.17, 15) is 18.0 Å². The van der Waals surface area contributed by atoms with E-state index < -0.39 is 12.8 Å². The Morgan fingerprint density at radius 3 is 2.72 bits per heavy atom. The normalized spacial score (nSPS) is 21.1. The van der Waals surface area contributed by atoms with Gasteiger partial charge in [0.25, 0.3) is 0 Å². The second-order valence-electron chi connectivity index (χ2n) is 4.66. The zero-order valence-electron chi connectivity index (χ0n) is 10.6. The van der Waals surface area contributed by atoms with Crippen molar-refractivity contribution in [3.8, 4) is 0 Å². The third-order valence-corrected chi connectivity index (χ3v) is 2.60. The van der Waals surface area contributed by atoms with E-state index in [-0.39, 0.29) is 31.1 Å². The van der Waals surface area contributed by atoms with Crippen LogP contribution in [0.5, 0.6) is 0 Å². The van der Waals surface area contributed by atoms with E-state index in [1.807, 2.05) is 13.8 Å². The third-order valence-electron chi connectivity index (χ3n) is 2.60. The molecule has 4 nitrogen and oxygen atoms in total. The molecule has 0 bridgehead atoms. The molecular formula is C11H19F3N2O2. The van der Waals surface area contributed by atoms with Crippen LogP contribution in [-0.4, -0.2) is 55.4 Å². The predicted octanol–water partition coefficient (Wildman–Crippen LogP) is 1.16. The third kappa shape index (κ3) is 5.22. The van der Waals surface area contributed by atoms with Crippen molar-refractivity contribution in [3.05, 3.63) is 0 Å². The highest BCUT2D eigenvalue weighted by molar-refractivity contribution is 5.84. The van der Waals surface area contributed by atoms with Crippen molar-refractivity contribution in [3.63, 3.8) is 0 Å². The molecule has 0 aromatic rings. The Morgan fingerprint density at radius 2 is 2.17 bits per heavy atom. The molecule has 1 atom stereocenters.